The molecule has 0 N–H and O–H groups in total. The first-order valence-electron chi connectivity index (χ1n) is 8.41. The number of hydrogen-bond acceptors (Lipinski definition) is 3. The van der Waals surface area contributed by atoms with Gasteiger partial charge < -0.3 is 4.90 Å². The topological polar surface area (TPSA) is 54.5 Å². The number of rotatable bonds is 5. The third-order valence-electron chi connectivity index (χ3n) is 4.42. The van der Waals surface area contributed by atoms with Crippen molar-refractivity contribution in [3.8, 4) is 0 Å². The molecule has 2 aromatic carbocycles. The highest BCUT2D eigenvalue weighted by atomic mass is 35.5. The molecule has 0 saturated carbocycles. The Balaban J connectivity index is 1.81. The second-order valence-electron chi connectivity index (χ2n) is 6.39. The van der Waals surface area contributed by atoms with Crippen molar-refractivity contribution < 1.29 is 13.2 Å². The minimum atomic E-state index is -3.08. The number of hydrogen-bond donors (Lipinski definition) is 0. The van der Waals surface area contributed by atoms with Gasteiger partial charge >= 0.3 is 0 Å². The average molecular weight is 390 g/mol. The fraction of sp³-hybridized carbons (Fsp3) is 0.250. The Morgan fingerprint density at radius 1 is 1.12 bits per heavy atom. The number of sulfone groups is 1. The van der Waals surface area contributed by atoms with Gasteiger partial charge in [0.2, 0.25) is 5.91 Å². The van der Waals surface area contributed by atoms with Crippen LogP contribution < -0.4 is 0 Å². The molecule has 1 aliphatic heterocycles. The van der Waals surface area contributed by atoms with Gasteiger partial charge in [-0.3, -0.25) is 4.79 Å². The van der Waals surface area contributed by atoms with Crippen molar-refractivity contribution in [3.63, 3.8) is 0 Å². The van der Waals surface area contributed by atoms with Crippen molar-refractivity contribution in [3.05, 3.63) is 76.8 Å². The van der Waals surface area contributed by atoms with Crippen LogP contribution in [0.3, 0.4) is 0 Å². The Bertz CT molecular complexity index is 892. The van der Waals surface area contributed by atoms with Crippen LogP contribution in [0.4, 0.5) is 0 Å². The lowest BCUT2D eigenvalue weighted by Crippen LogP contribution is -2.39. The lowest BCUT2D eigenvalue weighted by Gasteiger charge is -2.27. The Kier molecular flexibility index (Phi) is 5.79. The molecule has 3 rings (SSSR count). The molecule has 136 valence electrons. The van der Waals surface area contributed by atoms with Crippen molar-refractivity contribution >= 4 is 33.4 Å². The summed E-state index contributed by atoms with van der Waals surface area (Å²) in [7, 11) is -3.08. The largest absolute Gasteiger partial charge is 0.331 e. The molecule has 0 aromatic heterocycles. The van der Waals surface area contributed by atoms with E-state index in [0.29, 0.717) is 18.0 Å². The zero-order valence-electron chi connectivity index (χ0n) is 14.2. The fourth-order valence-electron chi connectivity index (χ4n) is 3.02. The number of benzene rings is 2. The van der Waals surface area contributed by atoms with E-state index < -0.39 is 9.84 Å². The minimum Gasteiger partial charge on any atom is -0.331 e. The van der Waals surface area contributed by atoms with Crippen LogP contribution in [0.25, 0.3) is 6.08 Å². The summed E-state index contributed by atoms with van der Waals surface area (Å²) < 4.78 is 23.7. The third-order valence-corrected chi connectivity index (χ3v) is 6.42. The molecule has 26 heavy (non-hydrogen) atoms. The average Bonchev–Trinajstić information content (AvgIpc) is 2.99. The molecule has 4 nitrogen and oxygen atoms in total. The molecule has 1 saturated heterocycles. The molecule has 0 aliphatic carbocycles. The second-order valence-corrected chi connectivity index (χ2v) is 9.06. The normalized spacial score (nSPS) is 18.9. The molecule has 0 radical (unpaired) electrons. The molecular formula is C20H20ClNO3S. The first kappa shape index (κ1) is 18.7. The maximum absolute atomic E-state index is 12.8. The zero-order valence-corrected chi connectivity index (χ0v) is 15.8. The Hall–Kier alpha value is -2.11. The summed E-state index contributed by atoms with van der Waals surface area (Å²) in [5.74, 6) is -0.0402. The Labute approximate surface area is 159 Å². The molecule has 1 aliphatic rings. The Morgan fingerprint density at radius 3 is 2.42 bits per heavy atom. The highest BCUT2D eigenvalue weighted by molar-refractivity contribution is 7.91. The van der Waals surface area contributed by atoms with Crippen LogP contribution in [-0.4, -0.2) is 36.8 Å². The van der Waals surface area contributed by atoms with E-state index in [2.05, 4.69) is 0 Å². The van der Waals surface area contributed by atoms with Gasteiger partial charge in [0, 0.05) is 23.7 Å². The summed E-state index contributed by atoms with van der Waals surface area (Å²) in [4.78, 5) is 14.5. The predicted octanol–water partition coefficient (Wildman–Crippen LogP) is 3.57. The van der Waals surface area contributed by atoms with Crippen LogP contribution in [0.2, 0.25) is 5.02 Å². The van der Waals surface area contributed by atoms with Crippen molar-refractivity contribution in [2.45, 2.75) is 19.0 Å². The summed E-state index contributed by atoms with van der Waals surface area (Å²) in [6, 6.07) is 16.5. The fourth-order valence-corrected chi connectivity index (χ4v) is 4.88. The highest BCUT2D eigenvalue weighted by Gasteiger charge is 2.34. The van der Waals surface area contributed by atoms with E-state index in [9.17, 15) is 13.2 Å². The van der Waals surface area contributed by atoms with Gasteiger partial charge in [-0.1, -0.05) is 54.1 Å². The maximum Gasteiger partial charge on any atom is 0.247 e. The molecule has 1 unspecified atom stereocenters. The SMILES string of the molecule is O=C(/C=C/c1ccccc1)N(Cc1ccc(Cl)cc1)C1CCS(=O)(=O)C1. The molecule has 1 fully saturated rings. The quantitative estimate of drug-likeness (QED) is 0.734. The molecule has 6 heteroatoms. The summed E-state index contributed by atoms with van der Waals surface area (Å²) in [6.07, 6.45) is 3.73. The molecule has 0 bridgehead atoms. The highest BCUT2D eigenvalue weighted by Crippen LogP contribution is 2.21. The van der Waals surface area contributed by atoms with Crippen molar-refractivity contribution in [1.82, 2.24) is 4.90 Å². The van der Waals surface area contributed by atoms with Crippen molar-refractivity contribution in [2.24, 2.45) is 0 Å². The second kappa shape index (κ2) is 8.06. The zero-order chi connectivity index (χ0) is 18.6. The van der Waals surface area contributed by atoms with Crippen molar-refractivity contribution in [2.75, 3.05) is 11.5 Å². The van der Waals surface area contributed by atoms with E-state index in [0.717, 1.165) is 11.1 Å². The third kappa shape index (κ3) is 4.96. The lowest BCUT2D eigenvalue weighted by atomic mass is 10.1. The van der Waals surface area contributed by atoms with Crippen LogP contribution in [0, 0.1) is 0 Å². The first-order valence-corrected chi connectivity index (χ1v) is 10.6. The molecule has 1 heterocycles. The summed E-state index contributed by atoms with van der Waals surface area (Å²) in [5.41, 5.74) is 1.84. The molecule has 0 spiro atoms. The van der Waals surface area contributed by atoms with Crippen LogP contribution in [0.1, 0.15) is 17.5 Å². The van der Waals surface area contributed by atoms with Crippen molar-refractivity contribution in [1.29, 1.82) is 0 Å². The number of carbonyl (C=O) groups is 1. The first-order chi connectivity index (χ1) is 12.4. The van der Waals surface area contributed by atoms with Crippen LogP contribution in [0.15, 0.2) is 60.7 Å². The monoisotopic (exact) mass is 389 g/mol. The van der Waals surface area contributed by atoms with Gasteiger partial charge in [0.15, 0.2) is 9.84 Å². The van der Waals surface area contributed by atoms with E-state index in [-0.39, 0.29) is 23.5 Å². The van der Waals surface area contributed by atoms with Gasteiger partial charge in [0.1, 0.15) is 0 Å². The number of halogens is 1. The van der Waals surface area contributed by atoms with Crippen LogP contribution >= 0.6 is 11.6 Å². The van der Waals surface area contributed by atoms with Gasteiger partial charge in [0.05, 0.1) is 11.5 Å². The number of carbonyl (C=O) groups excluding carboxylic acids is 1. The number of amides is 1. The van der Waals surface area contributed by atoms with E-state index in [4.69, 9.17) is 11.6 Å². The predicted molar refractivity (Wildman–Crippen MR) is 105 cm³/mol. The van der Waals surface area contributed by atoms with E-state index in [1.165, 1.54) is 6.08 Å². The van der Waals surface area contributed by atoms with E-state index >= 15 is 0 Å². The molecule has 1 amide bonds. The van der Waals surface area contributed by atoms with Gasteiger partial charge in [-0.05, 0) is 35.8 Å². The summed E-state index contributed by atoms with van der Waals surface area (Å²) in [6.45, 7) is 0.356. The standard InChI is InChI=1S/C20H20ClNO3S/c21-18-9-6-17(7-10-18)14-22(19-12-13-26(24,25)15-19)20(23)11-8-16-4-2-1-3-5-16/h1-11,19H,12-15H2/b11-8+. The maximum atomic E-state index is 12.8. The van der Waals surface area contributed by atoms with E-state index in [1.54, 1.807) is 23.1 Å². The lowest BCUT2D eigenvalue weighted by molar-refractivity contribution is -0.128. The molecule has 2 aromatic rings. The van der Waals surface area contributed by atoms with Gasteiger partial charge in [0.25, 0.3) is 0 Å². The minimum absolute atomic E-state index is 0.0194. The summed E-state index contributed by atoms with van der Waals surface area (Å²) >= 11 is 5.92. The van der Waals surface area contributed by atoms with E-state index in [1.807, 2.05) is 42.5 Å². The molecular weight excluding hydrogens is 370 g/mol. The molecule has 1 atom stereocenters. The van der Waals surface area contributed by atoms with Gasteiger partial charge in [-0.15, -0.1) is 0 Å². The van der Waals surface area contributed by atoms with Crippen LogP contribution in [-0.2, 0) is 21.2 Å². The van der Waals surface area contributed by atoms with Gasteiger partial charge in [-0.25, -0.2) is 8.42 Å². The van der Waals surface area contributed by atoms with Crippen LogP contribution in [0.5, 0.6) is 0 Å². The Morgan fingerprint density at radius 2 is 1.81 bits per heavy atom. The number of nitrogens with zero attached hydrogens (tertiary/aromatic N) is 1. The van der Waals surface area contributed by atoms with Gasteiger partial charge in [-0.2, -0.15) is 0 Å². The summed E-state index contributed by atoms with van der Waals surface area (Å²) in [5, 5.41) is 0.624. The smallest absolute Gasteiger partial charge is 0.247 e.